The van der Waals surface area contributed by atoms with Gasteiger partial charge in [0, 0.05) is 13.1 Å². The Morgan fingerprint density at radius 2 is 1.15 bits per heavy atom. The zero-order chi connectivity index (χ0) is 17.4. The maximum Gasteiger partial charge on any atom is 0.503 e. The predicted octanol–water partition coefficient (Wildman–Crippen LogP) is 0.223. The quantitative estimate of drug-likeness (QED) is 0.342. The van der Waals surface area contributed by atoms with Gasteiger partial charge in [0.1, 0.15) is 0 Å². The summed E-state index contributed by atoms with van der Waals surface area (Å²) in [6.45, 7) is 3.59. The number of aliphatic hydroxyl groups is 3. The van der Waals surface area contributed by atoms with Crippen molar-refractivity contribution in [3.8, 4) is 0 Å². The van der Waals surface area contributed by atoms with E-state index in [2.05, 4.69) is 0 Å². The summed E-state index contributed by atoms with van der Waals surface area (Å²) in [4.78, 5) is 8.56. The summed E-state index contributed by atoms with van der Waals surface area (Å²) in [6, 6.07) is 0. The molecule has 0 amide bonds. The van der Waals surface area contributed by atoms with E-state index in [4.69, 9.17) is 76.6 Å². The molecule has 2 atom stereocenters. The van der Waals surface area contributed by atoms with Crippen LogP contribution in [0.4, 0.5) is 4.79 Å². The number of carbonyl (C=O) groups is 1. The van der Waals surface area contributed by atoms with E-state index in [0.717, 1.165) is 0 Å². The maximum atomic E-state index is 8.56. The van der Waals surface area contributed by atoms with Crippen molar-refractivity contribution in [3.63, 3.8) is 0 Å². The van der Waals surface area contributed by atoms with Crippen LogP contribution >= 0.6 is 34.8 Å². The fourth-order valence-electron chi connectivity index (χ4n) is 0. The second-order valence-corrected chi connectivity index (χ2v) is 5.74. The molecule has 0 aliphatic rings. The van der Waals surface area contributed by atoms with Crippen molar-refractivity contribution in [1.82, 2.24) is 0 Å². The number of carboxylic acid groups (broad SMARTS) is 2. The highest BCUT2D eigenvalue weighted by Gasteiger charge is 2.16. The van der Waals surface area contributed by atoms with E-state index in [1.165, 1.54) is 0 Å². The molecule has 0 saturated carbocycles. The molecular formula is C9H23Cl3N2O6. The molecule has 0 aromatic heterocycles. The molecule has 9 N–H and O–H groups in total. The molecule has 2 unspecified atom stereocenters. The molecule has 0 bridgehead atoms. The largest absolute Gasteiger partial charge is 0.503 e. The maximum absolute atomic E-state index is 8.56. The zero-order valence-electron chi connectivity index (χ0n) is 11.2. The van der Waals surface area contributed by atoms with Gasteiger partial charge in [0.2, 0.25) is 3.79 Å². The standard InChI is InChI=1S/2C3H9NO.C2H3Cl3O.CH2O3/c2*1-3(5)2-4;3-2(4,5)1-6;2-1(3)4/h2*3,5H,2,4H2,1H3;6H,1H2;(H2,2,3,4). The minimum Gasteiger partial charge on any atom is -0.450 e. The number of rotatable bonds is 2. The molecule has 0 fully saturated rings. The predicted molar refractivity (Wildman–Crippen MR) is 79.5 cm³/mol. The molecule has 0 aliphatic heterocycles. The van der Waals surface area contributed by atoms with Crippen LogP contribution in [0, 0.1) is 0 Å². The average molecular weight is 362 g/mol. The molecule has 126 valence electrons. The summed E-state index contributed by atoms with van der Waals surface area (Å²) < 4.78 is -1.49. The molecule has 0 aliphatic carbocycles. The van der Waals surface area contributed by atoms with Crippen LogP contribution in [-0.4, -0.2) is 67.4 Å². The van der Waals surface area contributed by atoms with E-state index in [0.29, 0.717) is 13.1 Å². The van der Waals surface area contributed by atoms with Crippen molar-refractivity contribution >= 4 is 41.0 Å². The van der Waals surface area contributed by atoms with Crippen LogP contribution in [0.2, 0.25) is 0 Å². The molecule has 0 aromatic carbocycles. The smallest absolute Gasteiger partial charge is 0.450 e. The van der Waals surface area contributed by atoms with Crippen molar-refractivity contribution < 1.29 is 30.3 Å². The van der Waals surface area contributed by atoms with E-state index in [1.807, 2.05) is 0 Å². The zero-order valence-corrected chi connectivity index (χ0v) is 13.5. The van der Waals surface area contributed by atoms with Gasteiger partial charge in [0.05, 0.1) is 18.8 Å². The van der Waals surface area contributed by atoms with Gasteiger partial charge in [-0.15, -0.1) is 0 Å². The van der Waals surface area contributed by atoms with E-state index < -0.39 is 16.6 Å². The number of nitrogens with two attached hydrogens (primary N) is 2. The second-order valence-electron chi connectivity index (χ2n) is 3.23. The van der Waals surface area contributed by atoms with Gasteiger partial charge >= 0.3 is 6.16 Å². The number of aliphatic hydroxyl groups excluding tert-OH is 3. The molecule has 0 saturated heterocycles. The highest BCUT2D eigenvalue weighted by Crippen LogP contribution is 2.23. The van der Waals surface area contributed by atoms with Gasteiger partial charge in [-0.1, -0.05) is 34.8 Å². The molecule has 8 nitrogen and oxygen atoms in total. The SMILES string of the molecule is CC(O)CN.CC(O)CN.O=C(O)O.OCC(Cl)(Cl)Cl. The Kier molecular flexibility index (Phi) is 26.7. The first-order valence-electron chi connectivity index (χ1n) is 5.19. The topological polar surface area (TPSA) is 170 Å². The van der Waals surface area contributed by atoms with E-state index in [-0.39, 0.29) is 12.2 Å². The van der Waals surface area contributed by atoms with Crippen LogP contribution in [-0.2, 0) is 0 Å². The summed E-state index contributed by atoms with van der Waals surface area (Å²) in [7, 11) is 0. The normalized spacial score (nSPS) is 12.3. The highest BCUT2D eigenvalue weighted by molar-refractivity contribution is 6.67. The lowest BCUT2D eigenvalue weighted by atomic mass is 10.4. The Bertz CT molecular complexity index is 191. The first kappa shape index (κ1) is 28.2. The monoisotopic (exact) mass is 360 g/mol. The first-order chi connectivity index (χ1) is 8.83. The Morgan fingerprint density at radius 3 is 1.15 bits per heavy atom. The molecule has 20 heavy (non-hydrogen) atoms. The Balaban J connectivity index is -0.0000000862. The van der Waals surface area contributed by atoms with Crippen molar-refractivity contribution in [2.75, 3.05) is 19.7 Å². The van der Waals surface area contributed by atoms with Gasteiger partial charge in [-0.25, -0.2) is 4.79 Å². The third-order valence-corrected chi connectivity index (χ3v) is 1.22. The van der Waals surface area contributed by atoms with E-state index in [9.17, 15) is 0 Å². The number of alkyl halides is 3. The van der Waals surface area contributed by atoms with Crippen molar-refractivity contribution in [2.24, 2.45) is 11.5 Å². The summed E-state index contributed by atoms with van der Waals surface area (Å²) in [5.74, 6) is 0. The summed E-state index contributed by atoms with van der Waals surface area (Å²) >= 11 is 15.0. The molecular weight excluding hydrogens is 338 g/mol. The van der Waals surface area contributed by atoms with Gasteiger partial charge in [-0.2, -0.15) is 0 Å². The summed E-state index contributed by atoms with van der Waals surface area (Å²) in [5.41, 5.74) is 9.84. The Morgan fingerprint density at radius 1 is 1.05 bits per heavy atom. The van der Waals surface area contributed by atoms with Crippen LogP contribution in [0.15, 0.2) is 0 Å². The fraction of sp³-hybridized carbons (Fsp3) is 0.889. The van der Waals surface area contributed by atoms with Crippen LogP contribution < -0.4 is 11.5 Å². The summed E-state index contributed by atoms with van der Waals surface area (Å²) in [6.07, 6.45) is -2.51. The number of hydrogen-bond donors (Lipinski definition) is 7. The Labute approximate surface area is 132 Å². The minimum absolute atomic E-state index is 0.338. The van der Waals surface area contributed by atoms with Crippen LogP contribution in [0.3, 0.4) is 0 Å². The van der Waals surface area contributed by atoms with E-state index >= 15 is 0 Å². The molecule has 0 rings (SSSR count). The van der Waals surface area contributed by atoms with Gasteiger partial charge in [-0.3, -0.25) is 0 Å². The van der Waals surface area contributed by atoms with Crippen molar-refractivity contribution in [3.05, 3.63) is 0 Å². The number of halogens is 3. The van der Waals surface area contributed by atoms with Crippen molar-refractivity contribution in [1.29, 1.82) is 0 Å². The lowest BCUT2D eigenvalue weighted by Gasteiger charge is -2.01. The molecule has 11 heteroatoms. The fourth-order valence-corrected chi connectivity index (χ4v) is 0. The Hall–Kier alpha value is -0.0600. The minimum atomic E-state index is -1.83. The van der Waals surface area contributed by atoms with Crippen LogP contribution in [0.1, 0.15) is 13.8 Å². The molecule has 0 aromatic rings. The molecule has 0 heterocycles. The van der Waals surface area contributed by atoms with Crippen molar-refractivity contribution in [2.45, 2.75) is 29.8 Å². The first-order valence-corrected chi connectivity index (χ1v) is 6.33. The third-order valence-electron chi connectivity index (χ3n) is 0.862. The van der Waals surface area contributed by atoms with Crippen LogP contribution in [0.5, 0.6) is 0 Å². The molecule has 0 spiro atoms. The third kappa shape index (κ3) is 107. The average Bonchev–Trinajstić information content (AvgIpc) is 2.28. The second kappa shape index (κ2) is 18.9. The lowest BCUT2D eigenvalue weighted by molar-refractivity contribution is 0.137. The van der Waals surface area contributed by atoms with Gasteiger partial charge in [0.25, 0.3) is 0 Å². The van der Waals surface area contributed by atoms with Crippen LogP contribution in [0.25, 0.3) is 0 Å². The van der Waals surface area contributed by atoms with E-state index in [1.54, 1.807) is 13.8 Å². The highest BCUT2D eigenvalue weighted by atomic mass is 35.6. The van der Waals surface area contributed by atoms with Gasteiger partial charge in [-0.05, 0) is 13.8 Å². The number of hydrogen-bond acceptors (Lipinski definition) is 6. The van der Waals surface area contributed by atoms with Gasteiger partial charge in [0.15, 0.2) is 0 Å². The lowest BCUT2D eigenvalue weighted by Crippen LogP contribution is -2.14. The summed E-state index contributed by atoms with van der Waals surface area (Å²) in [5, 5.41) is 38.4. The molecule has 0 radical (unpaired) electrons. The van der Waals surface area contributed by atoms with Gasteiger partial charge < -0.3 is 37.0 Å².